The summed E-state index contributed by atoms with van der Waals surface area (Å²) in [4.78, 5) is 0. The molecule has 1 rings (SSSR count). The summed E-state index contributed by atoms with van der Waals surface area (Å²) in [5, 5.41) is 7.85. The van der Waals surface area contributed by atoms with Gasteiger partial charge in [-0.25, -0.2) is 0 Å². The van der Waals surface area contributed by atoms with Crippen LogP contribution in [0.2, 0.25) is 0 Å². The second kappa shape index (κ2) is 5.31. The maximum atomic E-state index is 4.48. The Morgan fingerprint density at radius 3 is 2.53 bits per heavy atom. The van der Waals surface area contributed by atoms with Crippen LogP contribution in [0.5, 0.6) is 0 Å². The summed E-state index contributed by atoms with van der Waals surface area (Å²) in [6.45, 7) is 6.64. The van der Waals surface area contributed by atoms with Gasteiger partial charge in [-0.05, 0) is 31.9 Å². The van der Waals surface area contributed by atoms with Crippen LogP contribution in [0.1, 0.15) is 44.6 Å². The number of aromatic nitrogens is 2. The van der Waals surface area contributed by atoms with E-state index in [1.807, 2.05) is 18.8 Å². The smallest absolute Gasteiger partial charge is 0.0625 e. The highest BCUT2D eigenvalue weighted by molar-refractivity contribution is 5.14. The zero-order valence-electron chi connectivity index (χ0n) is 10.5. The fourth-order valence-electron chi connectivity index (χ4n) is 1.90. The third-order valence-electron chi connectivity index (χ3n) is 2.74. The highest BCUT2D eigenvalue weighted by atomic mass is 15.3. The molecule has 1 aromatic rings. The quantitative estimate of drug-likeness (QED) is 0.806. The van der Waals surface area contributed by atoms with Gasteiger partial charge in [-0.15, -0.1) is 0 Å². The largest absolute Gasteiger partial charge is 0.312 e. The molecule has 0 aliphatic rings. The molecule has 0 saturated carbocycles. The molecule has 0 aromatic carbocycles. The molecule has 1 N–H and O–H groups in total. The maximum absolute atomic E-state index is 4.48. The van der Waals surface area contributed by atoms with E-state index in [1.165, 1.54) is 11.4 Å². The van der Waals surface area contributed by atoms with Crippen LogP contribution in [0, 0.1) is 5.92 Å². The molecule has 15 heavy (non-hydrogen) atoms. The van der Waals surface area contributed by atoms with Crippen LogP contribution in [0.25, 0.3) is 0 Å². The predicted octanol–water partition coefficient (Wildman–Crippen LogP) is 2.29. The van der Waals surface area contributed by atoms with Crippen molar-refractivity contribution in [2.24, 2.45) is 13.0 Å². The molecule has 0 bridgehead atoms. The third kappa shape index (κ3) is 3.06. The zero-order chi connectivity index (χ0) is 11.4. The minimum absolute atomic E-state index is 0.419. The summed E-state index contributed by atoms with van der Waals surface area (Å²) in [7, 11) is 4.05. The fourth-order valence-corrected chi connectivity index (χ4v) is 1.90. The van der Waals surface area contributed by atoms with E-state index in [4.69, 9.17) is 0 Å². The van der Waals surface area contributed by atoms with Crippen molar-refractivity contribution in [3.8, 4) is 0 Å². The fraction of sp³-hybridized carbons (Fsp3) is 0.750. The minimum atomic E-state index is 0.419. The van der Waals surface area contributed by atoms with E-state index in [-0.39, 0.29) is 0 Å². The van der Waals surface area contributed by atoms with Crippen LogP contribution in [0.15, 0.2) is 6.07 Å². The van der Waals surface area contributed by atoms with Crippen molar-refractivity contribution < 1.29 is 0 Å². The Balaban J connectivity index is 2.85. The van der Waals surface area contributed by atoms with Gasteiger partial charge in [0.2, 0.25) is 0 Å². The van der Waals surface area contributed by atoms with Gasteiger partial charge in [-0.2, -0.15) is 5.10 Å². The molecule has 0 amide bonds. The molecule has 3 heteroatoms. The summed E-state index contributed by atoms with van der Waals surface area (Å²) in [5.74, 6) is 0.697. The number of hydrogen-bond acceptors (Lipinski definition) is 2. The van der Waals surface area contributed by atoms with Crippen molar-refractivity contribution in [2.75, 3.05) is 7.05 Å². The van der Waals surface area contributed by atoms with Gasteiger partial charge in [0.05, 0.1) is 11.4 Å². The monoisotopic (exact) mass is 209 g/mol. The number of rotatable bonds is 5. The lowest BCUT2D eigenvalue weighted by Gasteiger charge is -2.18. The maximum Gasteiger partial charge on any atom is 0.0625 e. The molecule has 0 aliphatic heterocycles. The number of hydrogen-bond donors (Lipinski definition) is 1. The van der Waals surface area contributed by atoms with Crippen molar-refractivity contribution >= 4 is 0 Å². The van der Waals surface area contributed by atoms with Crippen molar-refractivity contribution in [1.82, 2.24) is 15.1 Å². The van der Waals surface area contributed by atoms with Gasteiger partial charge in [-0.1, -0.05) is 20.8 Å². The Morgan fingerprint density at radius 2 is 2.13 bits per heavy atom. The van der Waals surface area contributed by atoms with Crippen molar-refractivity contribution in [1.29, 1.82) is 0 Å². The summed E-state index contributed by atoms with van der Waals surface area (Å²) in [5.41, 5.74) is 2.47. The van der Waals surface area contributed by atoms with Crippen LogP contribution < -0.4 is 5.32 Å². The highest BCUT2D eigenvalue weighted by Gasteiger charge is 2.15. The SMILES string of the molecule is CCc1cc(C(CC(C)C)NC)n(C)n1. The average molecular weight is 209 g/mol. The van der Waals surface area contributed by atoms with Crippen molar-refractivity contribution in [3.05, 3.63) is 17.5 Å². The first kappa shape index (κ1) is 12.2. The second-order valence-electron chi connectivity index (χ2n) is 4.51. The summed E-state index contributed by atoms with van der Waals surface area (Å²) >= 11 is 0. The molecule has 0 aliphatic carbocycles. The lowest BCUT2D eigenvalue weighted by molar-refractivity contribution is 0.434. The van der Waals surface area contributed by atoms with E-state index >= 15 is 0 Å². The average Bonchev–Trinajstić information content (AvgIpc) is 2.56. The van der Waals surface area contributed by atoms with E-state index in [2.05, 4.69) is 37.3 Å². The van der Waals surface area contributed by atoms with Crippen molar-refractivity contribution in [2.45, 2.75) is 39.7 Å². The topological polar surface area (TPSA) is 29.9 Å². The second-order valence-corrected chi connectivity index (χ2v) is 4.51. The molecule has 1 aromatic heterocycles. The molecule has 0 spiro atoms. The van der Waals surface area contributed by atoms with E-state index in [1.54, 1.807) is 0 Å². The Morgan fingerprint density at radius 1 is 1.47 bits per heavy atom. The number of aryl methyl sites for hydroxylation is 2. The molecule has 1 unspecified atom stereocenters. The first-order valence-electron chi connectivity index (χ1n) is 5.78. The van der Waals surface area contributed by atoms with Crippen LogP contribution in [-0.2, 0) is 13.5 Å². The Hall–Kier alpha value is -0.830. The van der Waals surface area contributed by atoms with Crippen LogP contribution in [0.3, 0.4) is 0 Å². The number of nitrogens with zero attached hydrogens (tertiary/aromatic N) is 2. The van der Waals surface area contributed by atoms with E-state index < -0.39 is 0 Å². The van der Waals surface area contributed by atoms with Gasteiger partial charge in [0.15, 0.2) is 0 Å². The van der Waals surface area contributed by atoms with Gasteiger partial charge >= 0.3 is 0 Å². The lowest BCUT2D eigenvalue weighted by atomic mass is 10.0. The Kier molecular flexibility index (Phi) is 4.33. The van der Waals surface area contributed by atoms with Crippen LogP contribution in [0.4, 0.5) is 0 Å². The van der Waals surface area contributed by atoms with Gasteiger partial charge < -0.3 is 5.32 Å². The number of nitrogens with one attached hydrogen (secondary N) is 1. The molecule has 0 radical (unpaired) electrons. The summed E-state index contributed by atoms with van der Waals surface area (Å²) in [6.07, 6.45) is 2.16. The minimum Gasteiger partial charge on any atom is -0.312 e. The molecule has 86 valence electrons. The summed E-state index contributed by atoms with van der Waals surface area (Å²) in [6, 6.07) is 2.63. The molecule has 1 atom stereocenters. The molecule has 3 nitrogen and oxygen atoms in total. The standard InChI is InChI=1S/C12H23N3/c1-6-10-8-12(15(5)14-10)11(13-4)7-9(2)3/h8-9,11,13H,6-7H2,1-5H3. The van der Waals surface area contributed by atoms with Gasteiger partial charge in [0.1, 0.15) is 0 Å². The van der Waals surface area contributed by atoms with Gasteiger partial charge in [0.25, 0.3) is 0 Å². The van der Waals surface area contributed by atoms with E-state index in [9.17, 15) is 0 Å². The molecular weight excluding hydrogens is 186 g/mol. The predicted molar refractivity (Wildman–Crippen MR) is 63.8 cm³/mol. The van der Waals surface area contributed by atoms with Crippen LogP contribution in [-0.4, -0.2) is 16.8 Å². The highest BCUT2D eigenvalue weighted by Crippen LogP contribution is 2.21. The normalized spacial score (nSPS) is 13.5. The summed E-state index contributed by atoms with van der Waals surface area (Å²) < 4.78 is 2.00. The molecule has 0 saturated heterocycles. The van der Waals surface area contributed by atoms with Gasteiger partial charge in [0, 0.05) is 13.1 Å². The van der Waals surface area contributed by atoms with E-state index in [0.717, 1.165) is 12.8 Å². The Bertz CT molecular complexity index is 302. The van der Waals surface area contributed by atoms with E-state index in [0.29, 0.717) is 12.0 Å². The van der Waals surface area contributed by atoms with Crippen LogP contribution >= 0.6 is 0 Å². The third-order valence-corrected chi connectivity index (χ3v) is 2.74. The molecule has 0 fully saturated rings. The Labute approximate surface area is 92.9 Å². The zero-order valence-corrected chi connectivity index (χ0v) is 10.5. The first-order valence-corrected chi connectivity index (χ1v) is 5.78. The first-order chi connectivity index (χ1) is 7.08. The van der Waals surface area contributed by atoms with Gasteiger partial charge in [-0.3, -0.25) is 4.68 Å². The molecule has 1 heterocycles. The van der Waals surface area contributed by atoms with Crippen molar-refractivity contribution in [3.63, 3.8) is 0 Å². The molecular formula is C12H23N3. The lowest BCUT2D eigenvalue weighted by Crippen LogP contribution is -2.21.